The molecule has 0 unspecified atom stereocenters. The summed E-state index contributed by atoms with van der Waals surface area (Å²) < 4.78 is 21.9. The fraction of sp³-hybridized carbons (Fsp3) is 0.0952. The van der Waals surface area contributed by atoms with Gasteiger partial charge in [-0.15, -0.1) is 11.3 Å². The molecule has 0 bridgehead atoms. The Kier molecular flexibility index (Phi) is 4.99. The van der Waals surface area contributed by atoms with Crippen LogP contribution < -0.4 is 0 Å². The molecule has 4 rings (SSSR count). The standard InChI is InChI=1S/C21H16FN3O2S/c1-2-27-20(26)16-13-28-21(23-16)25-19(15-11-7-4-8-12-15)17(22)18(24-25)14-9-5-3-6-10-14/h3-13H,2H2,1H3. The minimum Gasteiger partial charge on any atom is -0.461 e. The lowest BCUT2D eigenvalue weighted by Gasteiger charge is -2.04. The largest absolute Gasteiger partial charge is 0.461 e. The molecule has 0 amide bonds. The van der Waals surface area contributed by atoms with Gasteiger partial charge in [-0.3, -0.25) is 0 Å². The summed E-state index contributed by atoms with van der Waals surface area (Å²) in [5.74, 6) is -0.951. The number of aromatic nitrogens is 3. The van der Waals surface area contributed by atoms with Gasteiger partial charge in [0.25, 0.3) is 0 Å². The van der Waals surface area contributed by atoms with Crippen molar-refractivity contribution in [1.29, 1.82) is 0 Å². The van der Waals surface area contributed by atoms with Gasteiger partial charge in [-0.25, -0.2) is 18.9 Å². The van der Waals surface area contributed by atoms with Crippen molar-refractivity contribution in [2.75, 3.05) is 6.61 Å². The summed E-state index contributed by atoms with van der Waals surface area (Å²) >= 11 is 1.20. The van der Waals surface area contributed by atoms with Crippen LogP contribution in [0.2, 0.25) is 0 Å². The molecule has 0 spiro atoms. The highest BCUT2D eigenvalue weighted by Gasteiger charge is 2.24. The molecule has 0 saturated carbocycles. The Morgan fingerprint density at radius 2 is 1.71 bits per heavy atom. The van der Waals surface area contributed by atoms with E-state index in [2.05, 4.69) is 10.1 Å². The van der Waals surface area contributed by atoms with Gasteiger partial charge in [0.05, 0.1) is 6.61 Å². The number of hydrogen-bond donors (Lipinski definition) is 0. The number of halogens is 1. The topological polar surface area (TPSA) is 57.0 Å². The van der Waals surface area contributed by atoms with Crippen LogP contribution in [0.15, 0.2) is 66.0 Å². The van der Waals surface area contributed by atoms with Gasteiger partial charge in [-0.05, 0) is 6.92 Å². The molecule has 2 aromatic heterocycles. The molecule has 0 radical (unpaired) electrons. The predicted octanol–water partition coefficient (Wildman–Crippen LogP) is 4.98. The smallest absolute Gasteiger partial charge is 0.357 e. The van der Waals surface area contributed by atoms with E-state index >= 15 is 4.39 Å². The SMILES string of the molecule is CCOC(=O)c1csc(-n2nc(-c3ccccc3)c(F)c2-c2ccccc2)n1. The Labute approximate surface area is 165 Å². The molecule has 7 heteroatoms. The van der Waals surface area contributed by atoms with E-state index in [1.165, 1.54) is 16.0 Å². The fourth-order valence-corrected chi connectivity index (χ4v) is 3.57. The number of nitrogens with zero attached hydrogens (tertiary/aromatic N) is 3. The highest BCUT2D eigenvalue weighted by Crippen LogP contribution is 2.33. The molecule has 0 atom stereocenters. The average molecular weight is 393 g/mol. The first-order valence-corrected chi connectivity index (χ1v) is 9.59. The first-order valence-electron chi connectivity index (χ1n) is 8.71. The zero-order chi connectivity index (χ0) is 19.5. The van der Waals surface area contributed by atoms with E-state index in [1.807, 2.05) is 48.5 Å². The van der Waals surface area contributed by atoms with Crippen molar-refractivity contribution in [2.45, 2.75) is 6.92 Å². The second-order valence-electron chi connectivity index (χ2n) is 5.89. The summed E-state index contributed by atoms with van der Waals surface area (Å²) in [6, 6.07) is 18.3. The summed E-state index contributed by atoms with van der Waals surface area (Å²) in [6.45, 7) is 1.99. The molecule has 28 heavy (non-hydrogen) atoms. The quantitative estimate of drug-likeness (QED) is 0.449. The van der Waals surface area contributed by atoms with E-state index in [1.54, 1.807) is 24.4 Å². The number of ether oxygens (including phenoxy) is 1. The molecule has 0 aliphatic carbocycles. The maximum Gasteiger partial charge on any atom is 0.357 e. The molecule has 140 valence electrons. The molecular weight excluding hydrogens is 377 g/mol. The molecule has 0 N–H and O–H groups in total. The third-order valence-electron chi connectivity index (χ3n) is 4.08. The van der Waals surface area contributed by atoms with Crippen molar-refractivity contribution in [2.24, 2.45) is 0 Å². The Hall–Kier alpha value is -3.32. The van der Waals surface area contributed by atoms with E-state index < -0.39 is 11.8 Å². The highest BCUT2D eigenvalue weighted by atomic mass is 32.1. The Balaban J connectivity index is 1.88. The lowest BCUT2D eigenvalue weighted by atomic mass is 10.1. The second kappa shape index (κ2) is 7.74. The van der Waals surface area contributed by atoms with E-state index in [9.17, 15) is 4.79 Å². The molecule has 2 aromatic carbocycles. The third kappa shape index (κ3) is 3.32. The molecule has 0 aliphatic heterocycles. The second-order valence-corrected chi connectivity index (χ2v) is 6.73. The van der Waals surface area contributed by atoms with Crippen molar-refractivity contribution in [3.8, 4) is 27.6 Å². The predicted molar refractivity (Wildman–Crippen MR) is 106 cm³/mol. The van der Waals surface area contributed by atoms with Gasteiger partial charge in [0.15, 0.2) is 11.5 Å². The molecular formula is C21H16FN3O2S. The highest BCUT2D eigenvalue weighted by molar-refractivity contribution is 7.12. The number of carbonyl (C=O) groups excluding carboxylic acids is 1. The van der Waals surface area contributed by atoms with Gasteiger partial charge in [-0.1, -0.05) is 60.7 Å². The van der Waals surface area contributed by atoms with Gasteiger partial charge >= 0.3 is 5.97 Å². The molecule has 2 heterocycles. The lowest BCUT2D eigenvalue weighted by molar-refractivity contribution is 0.0520. The minimum absolute atomic E-state index is 0.179. The van der Waals surface area contributed by atoms with E-state index in [0.29, 0.717) is 22.0 Å². The first kappa shape index (κ1) is 18.1. The van der Waals surface area contributed by atoms with Crippen molar-refractivity contribution >= 4 is 17.3 Å². The zero-order valence-electron chi connectivity index (χ0n) is 15.0. The first-order chi connectivity index (χ1) is 13.7. The van der Waals surface area contributed by atoms with Crippen LogP contribution in [0.4, 0.5) is 4.39 Å². The van der Waals surface area contributed by atoms with Crippen molar-refractivity contribution in [3.63, 3.8) is 0 Å². The maximum atomic E-state index is 15.4. The molecule has 0 aliphatic rings. The number of rotatable bonds is 5. The van der Waals surface area contributed by atoms with Crippen LogP contribution in [0.1, 0.15) is 17.4 Å². The van der Waals surface area contributed by atoms with Gasteiger partial charge in [0.1, 0.15) is 11.4 Å². The van der Waals surface area contributed by atoms with Crippen LogP contribution in [0.25, 0.3) is 27.6 Å². The van der Waals surface area contributed by atoms with Crippen LogP contribution >= 0.6 is 11.3 Å². The molecule has 0 fully saturated rings. The number of esters is 1. The maximum absolute atomic E-state index is 15.4. The zero-order valence-corrected chi connectivity index (χ0v) is 15.8. The van der Waals surface area contributed by atoms with Crippen LogP contribution in [0.3, 0.4) is 0 Å². The number of thiazole rings is 1. The average Bonchev–Trinajstić information content (AvgIpc) is 3.34. The van der Waals surface area contributed by atoms with Crippen molar-refractivity contribution < 1.29 is 13.9 Å². The summed E-state index contributed by atoms with van der Waals surface area (Å²) in [6.07, 6.45) is 0. The Morgan fingerprint density at radius 1 is 1.07 bits per heavy atom. The van der Waals surface area contributed by atoms with Crippen LogP contribution in [-0.2, 0) is 4.74 Å². The number of hydrogen-bond acceptors (Lipinski definition) is 5. The van der Waals surface area contributed by atoms with Gasteiger partial charge in [0, 0.05) is 16.5 Å². The van der Waals surface area contributed by atoms with Crippen LogP contribution in [0.5, 0.6) is 0 Å². The van der Waals surface area contributed by atoms with Gasteiger partial charge in [0.2, 0.25) is 5.13 Å². The van der Waals surface area contributed by atoms with E-state index in [-0.39, 0.29) is 18.0 Å². The van der Waals surface area contributed by atoms with E-state index in [0.717, 1.165) is 0 Å². The summed E-state index contributed by atoms with van der Waals surface area (Å²) in [7, 11) is 0. The number of benzene rings is 2. The minimum atomic E-state index is -0.512. The van der Waals surface area contributed by atoms with Gasteiger partial charge < -0.3 is 4.74 Å². The molecule has 4 aromatic rings. The van der Waals surface area contributed by atoms with Gasteiger partial charge in [-0.2, -0.15) is 5.10 Å². The van der Waals surface area contributed by atoms with E-state index in [4.69, 9.17) is 4.74 Å². The summed E-state index contributed by atoms with van der Waals surface area (Å²) in [5, 5.41) is 6.46. The fourth-order valence-electron chi connectivity index (χ4n) is 2.82. The van der Waals surface area contributed by atoms with Crippen molar-refractivity contribution in [1.82, 2.24) is 14.8 Å². The monoisotopic (exact) mass is 393 g/mol. The number of carbonyl (C=O) groups is 1. The Morgan fingerprint density at radius 3 is 2.36 bits per heavy atom. The molecule has 5 nitrogen and oxygen atoms in total. The van der Waals surface area contributed by atoms with Crippen LogP contribution in [-0.4, -0.2) is 27.3 Å². The van der Waals surface area contributed by atoms with Crippen LogP contribution in [0, 0.1) is 5.82 Å². The summed E-state index contributed by atoms with van der Waals surface area (Å²) in [5.41, 5.74) is 2.04. The Bertz CT molecular complexity index is 1110. The lowest BCUT2D eigenvalue weighted by Crippen LogP contribution is -2.06. The third-order valence-corrected chi connectivity index (χ3v) is 4.90. The normalized spacial score (nSPS) is 10.8. The van der Waals surface area contributed by atoms with Crippen molar-refractivity contribution in [3.05, 3.63) is 77.6 Å². The summed E-state index contributed by atoms with van der Waals surface area (Å²) in [4.78, 5) is 16.3. The molecule has 0 saturated heterocycles.